The highest BCUT2D eigenvalue weighted by atomic mass is 32.2. The summed E-state index contributed by atoms with van der Waals surface area (Å²) in [5, 5.41) is 0. The minimum Gasteiger partial charge on any atom is -0.367 e. The van der Waals surface area contributed by atoms with E-state index in [2.05, 4.69) is 21.8 Å². The van der Waals surface area contributed by atoms with E-state index < -0.39 is 9.84 Å². The van der Waals surface area contributed by atoms with E-state index in [-0.39, 0.29) is 23.5 Å². The van der Waals surface area contributed by atoms with Crippen LogP contribution in [-0.2, 0) is 9.84 Å². The van der Waals surface area contributed by atoms with Gasteiger partial charge in [0.25, 0.3) is 5.91 Å². The minimum atomic E-state index is -2.95. The summed E-state index contributed by atoms with van der Waals surface area (Å²) in [6.07, 6.45) is 3.95. The lowest BCUT2D eigenvalue weighted by Crippen LogP contribution is -2.47. The molecule has 0 aliphatic carbocycles. The van der Waals surface area contributed by atoms with Crippen LogP contribution in [0.5, 0.6) is 0 Å². The third-order valence-corrected chi connectivity index (χ3v) is 6.83. The van der Waals surface area contributed by atoms with Gasteiger partial charge >= 0.3 is 0 Å². The van der Waals surface area contributed by atoms with E-state index in [0.29, 0.717) is 18.5 Å². The lowest BCUT2D eigenvalue weighted by Gasteiger charge is -2.33. The number of likely N-dealkylation sites (N-methyl/N-ethyl adjacent to an activating group) is 1. The van der Waals surface area contributed by atoms with Crippen molar-refractivity contribution >= 4 is 21.4 Å². The zero-order valence-electron chi connectivity index (χ0n) is 14.9. The van der Waals surface area contributed by atoms with Crippen LogP contribution < -0.4 is 4.90 Å². The summed E-state index contributed by atoms with van der Waals surface area (Å²) >= 11 is 0. The van der Waals surface area contributed by atoms with Gasteiger partial charge in [0.1, 0.15) is 0 Å². The molecule has 3 heterocycles. The fraction of sp³-hybridized carbons (Fsp3) is 0.647. The van der Waals surface area contributed by atoms with Crippen LogP contribution in [-0.4, -0.2) is 86.4 Å². The lowest BCUT2D eigenvalue weighted by atomic mass is 10.1. The number of hydrogen-bond donors (Lipinski definition) is 0. The molecule has 0 bridgehead atoms. The Kier molecular flexibility index (Phi) is 5.29. The Morgan fingerprint density at radius 2 is 2.00 bits per heavy atom. The molecular weight excluding hydrogens is 340 g/mol. The predicted octanol–water partition coefficient (Wildman–Crippen LogP) is 0.483. The molecule has 2 fully saturated rings. The number of hydrogen-bond acceptors (Lipinski definition) is 6. The van der Waals surface area contributed by atoms with Crippen LogP contribution in [0, 0.1) is 0 Å². The highest BCUT2D eigenvalue weighted by Crippen LogP contribution is 2.24. The molecule has 0 saturated carbocycles. The monoisotopic (exact) mass is 366 g/mol. The van der Waals surface area contributed by atoms with Crippen molar-refractivity contribution in [3.63, 3.8) is 0 Å². The Morgan fingerprint density at radius 3 is 2.60 bits per heavy atom. The molecule has 3 rings (SSSR count). The topological polar surface area (TPSA) is 73.8 Å². The van der Waals surface area contributed by atoms with Gasteiger partial charge in [0.15, 0.2) is 9.84 Å². The van der Waals surface area contributed by atoms with Crippen LogP contribution in [0.1, 0.15) is 23.7 Å². The molecule has 1 aromatic rings. The third-order valence-electron chi connectivity index (χ3n) is 5.08. The third kappa shape index (κ3) is 4.12. The van der Waals surface area contributed by atoms with Crippen molar-refractivity contribution in [1.82, 2.24) is 14.8 Å². The maximum Gasteiger partial charge on any atom is 0.255 e. The van der Waals surface area contributed by atoms with Gasteiger partial charge in [-0.1, -0.05) is 0 Å². The van der Waals surface area contributed by atoms with Crippen LogP contribution in [0.25, 0.3) is 0 Å². The number of nitrogens with zero attached hydrogens (tertiary/aromatic N) is 4. The van der Waals surface area contributed by atoms with E-state index in [9.17, 15) is 13.2 Å². The van der Waals surface area contributed by atoms with E-state index in [4.69, 9.17) is 0 Å². The molecule has 0 aromatic carbocycles. The highest BCUT2D eigenvalue weighted by Gasteiger charge is 2.32. The number of amides is 1. The van der Waals surface area contributed by atoms with Crippen molar-refractivity contribution in [3.8, 4) is 0 Å². The SMILES string of the molecule is CCN(c1cncc(C(=O)N2CCN(C)CC2)c1)C1CCS(=O)(=O)C1. The van der Waals surface area contributed by atoms with Crippen molar-refractivity contribution in [2.45, 2.75) is 19.4 Å². The number of anilines is 1. The van der Waals surface area contributed by atoms with Gasteiger partial charge in [0.2, 0.25) is 0 Å². The van der Waals surface area contributed by atoms with Crippen molar-refractivity contribution in [3.05, 3.63) is 24.0 Å². The molecule has 2 aliphatic heterocycles. The molecule has 0 radical (unpaired) electrons. The van der Waals surface area contributed by atoms with Gasteiger partial charge in [-0.2, -0.15) is 0 Å². The summed E-state index contributed by atoms with van der Waals surface area (Å²) in [6, 6.07) is 1.81. The standard InChI is InChI=1S/C17H26N4O3S/c1-3-21(15-4-9-25(23,24)13-15)16-10-14(11-18-12-16)17(22)20-7-5-19(2)6-8-20/h10-12,15H,3-9,13H2,1-2H3. The van der Waals surface area contributed by atoms with E-state index in [1.807, 2.05) is 17.9 Å². The second kappa shape index (κ2) is 7.29. The molecule has 0 spiro atoms. The average molecular weight is 366 g/mol. The Morgan fingerprint density at radius 1 is 1.28 bits per heavy atom. The van der Waals surface area contributed by atoms with E-state index in [1.54, 1.807) is 12.4 Å². The molecule has 1 unspecified atom stereocenters. The Hall–Kier alpha value is -1.67. The highest BCUT2D eigenvalue weighted by molar-refractivity contribution is 7.91. The first-order chi connectivity index (χ1) is 11.9. The van der Waals surface area contributed by atoms with Crippen LogP contribution in [0.2, 0.25) is 0 Å². The number of sulfone groups is 1. The van der Waals surface area contributed by atoms with Crippen molar-refractivity contribution in [1.29, 1.82) is 0 Å². The summed E-state index contributed by atoms with van der Waals surface area (Å²) in [7, 11) is -0.895. The van der Waals surface area contributed by atoms with Crippen LogP contribution in [0.3, 0.4) is 0 Å². The van der Waals surface area contributed by atoms with Crippen LogP contribution >= 0.6 is 0 Å². The lowest BCUT2D eigenvalue weighted by molar-refractivity contribution is 0.0663. The number of carbonyl (C=O) groups is 1. The molecule has 2 saturated heterocycles. The van der Waals surface area contributed by atoms with Gasteiger partial charge in [0, 0.05) is 45.0 Å². The summed E-state index contributed by atoms with van der Waals surface area (Å²) < 4.78 is 23.6. The quantitative estimate of drug-likeness (QED) is 0.772. The summed E-state index contributed by atoms with van der Waals surface area (Å²) in [5.41, 5.74) is 1.39. The van der Waals surface area contributed by atoms with Gasteiger partial charge in [-0.25, -0.2) is 8.42 Å². The molecule has 1 aromatic heterocycles. The molecule has 8 heteroatoms. The van der Waals surface area contributed by atoms with Gasteiger partial charge in [-0.15, -0.1) is 0 Å². The number of carbonyl (C=O) groups excluding carboxylic acids is 1. The Balaban J connectivity index is 1.77. The molecule has 0 N–H and O–H groups in total. The summed E-state index contributed by atoms with van der Waals surface area (Å²) in [5.74, 6) is 0.413. The molecule has 2 aliphatic rings. The molecule has 1 amide bonds. The van der Waals surface area contributed by atoms with Crippen LogP contribution in [0.4, 0.5) is 5.69 Å². The second-order valence-corrected chi connectivity index (χ2v) is 9.10. The molecule has 138 valence electrons. The molecular formula is C17H26N4O3S. The van der Waals surface area contributed by atoms with Crippen molar-refractivity contribution in [2.24, 2.45) is 0 Å². The number of pyridine rings is 1. The molecule has 25 heavy (non-hydrogen) atoms. The fourth-order valence-corrected chi connectivity index (χ4v) is 5.30. The van der Waals surface area contributed by atoms with Crippen molar-refractivity contribution < 1.29 is 13.2 Å². The van der Waals surface area contributed by atoms with E-state index >= 15 is 0 Å². The molecule has 1 atom stereocenters. The van der Waals surface area contributed by atoms with E-state index in [0.717, 1.165) is 31.9 Å². The summed E-state index contributed by atoms with van der Waals surface area (Å²) in [4.78, 5) is 23.1. The Bertz CT molecular complexity index is 729. The first-order valence-corrected chi connectivity index (χ1v) is 10.6. The largest absolute Gasteiger partial charge is 0.367 e. The van der Waals surface area contributed by atoms with E-state index in [1.165, 1.54) is 0 Å². The zero-order chi connectivity index (χ0) is 18.0. The van der Waals surface area contributed by atoms with Crippen LogP contribution in [0.15, 0.2) is 18.5 Å². The minimum absolute atomic E-state index is 0.00227. The maximum atomic E-state index is 12.7. The zero-order valence-corrected chi connectivity index (χ0v) is 15.7. The van der Waals surface area contributed by atoms with Gasteiger partial charge in [0.05, 0.1) is 29.0 Å². The number of aromatic nitrogens is 1. The normalized spacial score (nSPS) is 23.6. The van der Waals surface area contributed by atoms with Gasteiger partial charge in [-0.3, -0.25) is 9.78 Å². The first-order valence-electron chi connectivity index (χ1n) is 8.79. The smallest absolute Gasteiger partial charge is 0.255 e. The average Bonchev–Trinajstić information content (AvgIpc) is 2.95. The number of piperazine rings is 1. The Labute approximate surface area is 149 Å². The summed E-state index contributed by atoms with van der Waals surface area (Å²) in [6.45, 7) is 5.88. The second-order valence-electron chi connectivity index (χ2n) is 6.87. The van der Waals surface area contributed by atoms with Gasteiger partial charge < -0.3 is 14.7 Å². The fourth-order valence-electron chi connectivity index (χ4n) is 3.57. The maximum absolute atomic E-state index is 12.7. The number of rotatable bonds is 4. The van der Waals surface area contributed by atoms with Gasteiger partial charge in [-0.05, 0) is 26.5 Å². The first kappa shape index (κ1) is 18.1. The predicted molar refractivity (Wildman–Crippen MR) is 97.7 cm³/mol. The van der Waals surface area contributed by atoms with Crippen molar-refractivity contribution in [2.75, 3.05) is 56.2 Å². The molecule has 7 nitrogen and oxygen atoms in total.